The molecular formula is C15H12BrFN2O3. The SMILES string of the molecule is CCN(C(=O)c1ccc(Br)c([N+](=O)[O-])c1)c1ccc(F)cc1. The van der Waals surface area contributed by atoms with Gasteiger partial charge in [-0.15, -0.1) is 0 Å². The highest BCUT2D eigenvalue weighted by molar-refractivity contribution is 9.10. The fourth-order valence-corrected chi connectivity index (χ4v) is 2.40. The number of benzene rings is 2. The molecule has 1 amide bonds. The monoisotopic (exact) mass is 366 g/mol. The number of halogens is 2. The summed E-state index contributed by atoms with van der Waals surface area (Å²) in [6, 6.07) is 9.69. The van der Waals surface area contributed by atoms with Gasteiger partial charge >= 0.3 is 0 Å². The Bertz CT molecular complexity index is 719. The Kier molecular flexibility index (Phi) is 4.87. The first kappa shape index (κ1) is 16.1. The van der Waals surface area contributed by atoms with Gasteiger partial charge in [0.15, 0.2) is 0 Å². The molecule has 2 aromatic carbocycles. The molecule has 0 saturated heterocycles. The van der Waals surface area contributed by atoms with Crippen LogP contribution in [0.3, 0.4) is 0 Å². The van der Waals surface area contributed by atoms with Crippen molar-refractivity contribution in [2.24, 2.45) is 0 Å². The van der Waals surface area contributed by atoms with Crippen molar-refractivity contribution in [2.75, 3.05) is 11.4 Å². The third-order valence-electron chi connectivity index (χ3n) is 3.09. The minimum atomic E-state index is -0.560. The molecular weight excluding hydrogens is 355 g/mol. The first-order valence-electron chi connectivity index (χ1n) is 6.45. The number of nitrogens with zero attached hydrogens (tertiary/aromatic N) is 2. The minimum Gasteiger partial charge on any atom is -0.309 e. The van der Waals surface area contributed by atoms with Crippen molar-refractivity contribution in [3.8, 4) is 0 Å². The van der Waals surface area contributed by atoms with Crippen LogP contribution in [-0.2, 0) is 0 Å². The van der Waals surface area contributed by atoms with Crippen LogP contribution >= 0.6 is 15.9 Å². The second kappa shape index (κ2) is 6.65. The van der Waals surface area contributed by atoms with Crippen molar-refractivity contribution in [1.29, 1.82) is 0 Å². The lowest BCUT2D eigenvalue weighted by Gasteiger charge is -2.21. The van der Waals surface area contributed by atoms with Gasteiger partial charge in [0.1, 0.15) is 5.82 Å². The molecule has 0 heterocycles. The first-order chi connectivity index (χ1) is 10.4. The lowest BCUT2D eigenvalue weighted by molar-refractivity contribution is -0.385. The molecule has 0 aliphatic heterocycles. The highest BCUT2D eigenvalue weighted by atomic mass is 79.9. The van der Waals surface area contributed by atoms with E-state index >= 15 is 0 Å². The van der Waals surface area contributed by atoms with Crippen LogP contribution in [0.1, 0.15) is 17.3 Å². The molecule has 5 nitrogen and oxygen atoms in total. The first-order valence-corrected chi connectivity index (χ1v) is 7.24. The number of rotatable bonds is 4. The topological polar surface area (TPSA) is 63.5 Å². The number of hydrogen-bond acceptors (Lipinski definition) is 3. The van der Waals surface area contributed by atoms with E-state index in [0.29, 0.717) is 16.7 Å². The van der Waals surface area contributed by atoms with Gasteiger partial charge in [0.2, 0.25) is 0 Å². The number of nitro groups is 1. The summed E-state index contributed by atoms with van der Waals surface area (Å²) >= 11 is 3.08. The molecule has 2 aromatic rings. The van der Waals surface area contributed by atoms with E-state index < -0.39 is 10.7 Å². The van der Waals surface area contributed by atoms with Crippen LogP contribution in [0.25, 0.3) is 0 Å². The summed E-state index contributed by atoms with van der Waals surface area (Å²) in [5, 5.41) is 11.0. The van der Waals surface area contributed by atoms with Gasteiger partial charge in [0.25, 0.3) is 11.6 Å². The zero-order valence-corrected chi connectivity index (χ0v) is 13.2. The third-order valence-corrected chi connectivity index (χ3v) is 3.76. The van der Waals surface area contributed by atoms with Gasteiger partial charge in [-0.05, 0) is 59.3 Å². The van der Waals surface area contributed by atoms with E-state index in [9.17, 15) is 19.3 Å². The molecule has 0 unspecified atom stereocenters. The van der Waals surface area contributed by atoms with Crippen molar-refractivity contribution < 1.29 is 14.1 Å². The predicted molar refractivity (Wildman–Crippen MR) is 84.5 cm³/mol. The molecule has 0 N–H and O–H groups in total. The van der Waals surface area contributed by atoms with Crippen molar-refractivity contribution in [3.63, 3.8) is 0 Å². The quantitative estimate of drug-likeness (QED) is 0.602. The molecule has 0 saturated carbocycles. The summed E-state index contributed by atoms with van der Waals surface area (Å²) in [6.45, 7) is 2.13. The molecule has 0 atom stereocenters. The fourth-order valence-electron chi connectivity index (χ4n) is 2.01. The van der Waals surface area contributed by atoms with Crippen molar-refractivity contribution in [1.82, 2.24) is 0 Å². The maximum absolute atomic E-state index is 13.0. The van der Waals surface area contributed by atoms with Gasteiger partial charge in [-0.25, -0.2) is 4.39 Å². The Labute approximate surface area is 134 Å². The van der Waals surface area contributed by atoms with E-state index in [1.165, 1.54) is 47.4 Å². The second-order valence-electron chi connectivity index (χ2n) is 4.45. The molecule has 0 spiro atoms. The molecule has 0 radical (unpaired) electrons. The van der Waals surface area contributed by atoms with Crippen molar-refractivity contribution in [2.45, 2.75) is 6.92 Å². The van der Waals surface area contributed by atoms with Crippen LogP contribution in [0.5, 0.6) is 0 Å². The lowest BCUT2D eigenvalue weighted by Crippen LogP contribution is -2.30. The van der Waals surface area contributed by atoms with Crippen LogP contribution in [0.4, 0.5) is 15.8 Å². The smallest absolute Gasteiger partial charge is 0.284 e. The Morgan fingerprint density at radius 1 is 1.27 bits per heavy atom. The molecule has 0 bridgehead atoms. The molecule has 0 aromatic heterocycles. The van der Waals surface area contributed by atoms with Gasteiger partial charge in [-0.3, -0.25) is 14.9 Å². The molecule has 0 aliphatic rings. The standard InChI is InChI=1S/C15H12BrFN2O3/c1-2-18(12-6-4-11(17)5-7-12)15(20)10-3-8-13(16)14(9-10)19(21)22/h3-9H,2H2,1H3. The summed E-state index contributed by atoms with van der Waals surface area (Å²) in [5.41, 5.74) is 0.543. The minimum absolute atomic E-state index is 0.180. The second-order valence-corrected chi connectivity index (χ2v) is 5.30. The zero-order valence-electron chi connectivity index (χ0n) is 11.6. The van der Waals surface area contributed by atoms with Crippen LogP contribution < -0.4 is 4.90 Å². The Morgan fingerprint density at radius 3 is 2.45 bits per heavy atom. The van der Waals surface area contributed by atoms with Crippen LogP contribution in [0, 0.1) is 15.9 Å². The van der Waals surface area contributed by atoms with E-state index in [1.807, 2.05) is 0 Å². The van der Waals surface area contributed by atoms with Crippen LogP contribution in [0.15, 0.2) is 46.9 Å². The van der Waals surface area contributed by atoms with Crippen LogP contribution in [-0.4, -0.2) is 17.4 Å². The molecule has 0 fully saturated rings. The van der Waals surface area contributed by atoms with Crippen molar-refractivity contribution in [3.05, 3.63) is 68.4 Å². The summed E-state index contributed by atoms with van der Waals surface area (Å²) in [7, 11) is 0. The van der Waals surface area contributed by atoms with Gasteiger partial charge in [-0.1, -0.05) is 0 Å². The van der Waals surface area contributed by atoms with Gasteiger partial charge in [0.05, 0.1) is 9.40 Å². The largest absolute Gasteiger partial charge is 0.309 e. The number of carbonyl (C=O) groups excluding carboxylic acids is 1. The summed E-state index contributed by atoms with van der Waals surface area (Å²) in [5.74, 6) is -0.781. The fraction of sp³-hybridized carbons (Fsp3) is 0.133. The predicted octanol–water partition coefficient (Wildman–Crippen LogP) is 4.16. The number of nitro benzene ring substituents is 1. The van der Waals surface area contributed by atoms with E-state index in [0.717, 1.165) is 0 Å². The van der Waals surface area contributed by atoms with E-state index in [1.54, 1.807) is 6.92 Å². The van der Waals surface area contributed by atoms with E-state index in [2.05, 4.69) is 15.9 Å². The number of amides is 1. The summed E-state index contributed by atoms with van der Waals surface area (Å²) in [6.07, 6.45) is 0. The average Bonchev–Trinajstić information content (AvgIpc) is 2.50. The molecule has 2 rings (SSSR count). The molecule has 22 heavy (non-hydrogen) atoms. The maximum Gasteiger partial charge on any atom is 0.284 e. The Hall–Kier alpha value is -2.28. The van der Waals surface area contributed by atoms with E-state index in [-0.39, 0.29) is 17.2 Å². The lowest BCUT2D eigenvalue weighted by atomic mass is 10.1. The zero-order chi connectivity index (χ0) is 16.3. The molecule has 0 aliphatic carbocycles. The number of hydrogen-bond donors (Lipinski definition) is 0. The highest BCUT2D eigenvalue weighted by Crippen LogP contribution is 2.27. The molecule has 114 valence electrons. The number of anilines is 1. The number of carbonyl (C=O) groups is 1. The normalized spacial score (nSPS) is 10.3. The van der Waals surface area contributed by atoms with Gasteiger partial charge < -0.3 is 4.90 Å². The Morgan fingerprint density at radius 2 is 1.91 bits per heavy atom. The average molecular weight is 367 g/mol. The third kappa shape index (κ3) is 3.30. The molecule has 7 heteroatoms. The Balaban J connectivity index is 2.38. The van der Waals surface area contributed by atoms with Crippen LogP contribution in [0.2, 0.25) is 0 Å². The highest BCUT2D eigenvalue weighted by Gasteiger charge is 2.20. The van der Waals surface area contributed by atoms with Gasteiger partial charge in [-0.2, -0.15) is 0 Å². The maximum atomic E-state index is 13.0. The summed E-state index contributed by atoms with van der Waals surface area (Å²) in [4.78, 5) is 24.4. The van der Waals surface area contributed by atoms with Gasteiger partial charge in [0, 0.05) is 23.9 Å². The van der Waals surface area contributed by atoms with E-state index in [4.69, 9.17) is 0 Å². The summed E-state index contributed by atoms with van der Waals surface area (Å²) < 4.78 is 13.3. The van der Waals surface area contributed by atoms with Crippen molar-refractivity contribution >= 4 is 33.2 Å².